The molecular formula is C13H13Cl2NO4. The van der Waals surface area contributed by atoms with E-state index < -0.39 is 17.4 Å². The molecule has 0 bridgehead atoms. The highest BCUT2D eigenvalue weighted by Crippen LogP contribution is 2.26. The molecule has 0 aliphatic carbocycles. The Bertz CT molecular complexity index is 541. The molecule has 108 valence electrons. The van der Waals surface area contributed by atoms with Gasteiger partial charge in [-0.25, -0.2) is 0 Å². The topological polar surface area (TPSA) is 75.6 Å². The normalized spacial score (nSPS) is 21.7. The first-order valence-electron chi connectivity index (χ1n) is 5.99. The second-order valence-corrected chi connectivity index (χ2v) is 5.58. The molecule has 1 heterocycles. The van der Waals surface area contributed by atoms with Crippen molar-refractivity contribution in [2.45, 2.75) is 18.4 Å². The molecule has 1 atom stereocenters. The van der Waals surface area contributed by atoms with Gasteiger partial charge in [-0.15, -0.1) is 0 Å². The number of nitrogens with one attached hydrogen (secondary N) is 1. The lowest BCUT2D eigenvalue weighted by Gasteiger charge is -2.27. The number of carboxylic acid groups (broad SMARTS) is 1. The monoisotopic (exact) mass is 317 g/mol. The van der Waals surface area contributed by atoms with E-state index in [2.05, 4.69) is 5.32 Å². The van der Waals surface area contributed by atoms with E-state index in [-0.39, 0.29) is 23.6 Å². The third-order valence-corrected chi connectivity index (χ3v) is 3.70. The number of benzene rings is 1. The van der Waals surface area contributed by atoms with Gasteiger partial charge >= 0.3 is 5.97 Å². The number of carbonyl (C=O) groups is 2. The fraction of sp³-hybridized carbons (Fsp3) is 0.385. The molecule has 2 rings (SSSR count). The number of halogens is 2. The molecular weight excluding hydrogens is 305 g/mol. The van der Waals surface area contributed by atoms with Crippen molar-refractivity contribution in [1.29, 1.82) is 0 Å². The van der Waals surface area contributed by atoms with Crippen molar-refractivity contribution in [3.8, 4) is 0 Å². The van der Waals surface area contributed by atoms with Gasteiger partial charge in [0, 0.05) is 11.6 Å². The van der Waals surface area contributed by atoms with Crippen molar-refractivity contribution in [2.24, 2.45) is 0 Å². The summed E-state index contributed by atoms with van der Waals surface area (Å²) in [6.07, 6.45) is 0.264. The molecule has 1 unspecified atom stereocenters. The van der Waals surface area contributed by atoms with Crippen LogP contribution in [0.5, 0.6) is 0 Å². The number of ether oxygens (including phenoxy) is 1. The first kappa shape index (κ1) is 15.1. The molecule has 1 fully saturated rings. The molecule has 1 aromatic carbocycles. The van der Waals surface area contributed by atoms with E-state index in [1.54, 1.807) is 6.07 Å². The van der Waals surface area contributed by atoms with Crippen molar-refractivity contribution in [3.05, 3.63) is 33.8 Å². The number of rotatable bonds is 4. The number of amides is 1. The van der Waals surface area contributed by atoms with Gasteiger partial charge in [0.1, 0.15) is 0 Å². The SMILES string of the molecule is O=C(O)CC1(NC(=O)c2ccc(Cl)cc2Cl)CCOC1. The summed E-state index contributed by atoms with van der Waals surface area (Å²) in [4.78, 5) is 23.2. The highest BCUT2D eigenvalue weighted by molar-refractivity contribution is 6.36. The molecule has 0 radical (unpaired) electrons. The first-order chi connectivity index (χ1) is 9.42. The predicted molar refractivity (Wildman–Crippen MR) is 74.3 cm³/mol. The maximum atomic E-state index is 12.2. The molecule has 0 saturated carbocycles. The predicted octanol–water partition coefficient (Wildman–Crippen LogP) is 2.36. The largest absolute Gasteiger partial charge is 0.481 e. The second-order valence-electron chi connectivity index (χ2n) is 4.73. The summed E-state index contributed by atoms with van der Waals surface area (Å²) in [5.41, 5.74) is -0.626. The zero-order valence-electron chi connectivity index (χ0n) is 10.5. The van der Waals surface area contributed by atoms with E-state index in [1.807, 2.05) is 0 Å². The van der Waals surface area contributed by atoms with Gasteiger partial charge in [0.05, 0.1) is 29.2 Å². The first-order valence-corrected chi connectivity index (χ1v) is 6.75. The van der Waals surface area contributed by atoms with Gasteiger partial charge in [0.25, 0.3) is 5.91 Å². The van der Waals surface area contributed by atoms with Crippen LogP contribution in [0.2, 0.25) is 10.0 Å². The van der Waals surface area contributed by atoms with Gasteiger partial charge < -0.3 is 15.2 Å². The summed E-state index contributed by atoms with van der Waals surface area (Å²) < 4.78 is 5.22. The van der Waals surface area contributed by atoms with Crippen LogP contribution in [-0.4, -0.2) is 35.7 Å². The van der Waals surface area contributed by atoms with Crippen molar-refractivity contribution < 1.29 is 19.4 Å². The van der Waals surface area contributed by atoms with Crippen LogP contribution in [0.4, 0.5) is 0 Å². The standard InChI is InChI=1S/C13H13Cl2NO4/c14-8-1-2-9(10(15)5-8)12(19)16-13(6-11(17)18)3-4-20-7-13/h1-2,5H,3-4,6-7H2,(H,16,19)(H,17,18). The number of carboxylic acids is 1. The molecule has 1 aromatic rings. The molecule has 0 aromatic heterocycles. The molecule has 0 spiro atoms. The molecule has 5 nitrogen and oxygen atoms in total. The smallest absolute Gasteiger partial charge is 0.305 e. The summed E-state index contributed by atoms with van der Waals surface area (Å²) in [6, 6.07) is 4.52. The van der Waals surface area contributed by atoms with E-state index in [9.17, 15) is 9.59 Å². The Labute approximate surface area is 125 Å². The Hall–Kier alpha value is -1.30. The van der Waals surface area contributed by atoms with E-state index in [1.165, 1.54) is 12.1 Å². The molecule has 1 amide bonds. The van der Waals surface area contributed by atoms with Gasteiger partial charge in [-0.05, 0) is 24.6 Å². The summed E-state index contributed by atoms with van der Waals surface area (Å²) in [7, 11) is 0. The zero-order chi connectivity index (χ0) is 14.8. The van der Waals surface area contributed by atoms with E-state index in [4.69, 9.17) is 33.0 Å². The summed E-state index contributed by atoms with van der Waals surface area (Å²) in [6.45, 7) is 0.595. The lowest BCUT2D eigenvalue weighted by molar-refractivity contribution is -0.138. The number of carbonyl (C=O) groups excluding carboxylic acids is 1. The van der Waals surface area contributed by atoms with Crippen LogP contribution < -0.4 is 5.32 Å². The maximum Gasteiger partial charge on any atom is 0.305 e. The summed E-state index contributed by atoms with van der Waals surface area (Å²) in [5.74, 6) is -1.42. The Balaban J connectivity index is 2.18. The third kappa shape index (κ3) is 3.42. The summed E-state index contributed by atoms with van der Waals surface area (Å²) in [5, 5.41) is 12.3. The fourth-order valence-electron chi connectivity index (χ4n) is 2.16. The number of hydrogen-bond acceptors (Lipinski definition) is 3. The van der Waals surface area contributed by atoms with Crippen molar-refractivity contribution in [2.75, 3.05) is 13.2 Å². The maximum absolute atomic E-state index is 12.2. The highest BCUT2D eigenvalue weighted by Gasteiger charge is 2.39. The van der Waals surface area contributed by atoms with E-state index >= 15 is 0 Å². The Morgan fingerprint density at radius 1 is 1.40 bits per heavy atom. The van der Waals surface area contributed by atoms with Gasteiger partial charge in [-0.2, -0.15) is 0 Å². The minimum absolute atomic E-state index is 0.177. The van der Waals surface area contributed by atoms with E-state index in [0.717, 1.165) is 0 Å². The van der Waals surface area contributed by atoms with Crippen LogP contribution in [0.3, 0.4) is 0 Å². The average molecular weight is 318 g/mol. The number of hydrogen-bond donors (Lipinski definition) is 2. The lowest BCUT2D eigenvalue weighted by Crippen LogP contribution is -2.50. The molecule has 2 N–H and O–H groups in total. The quantitative estimate of drug-likeness (QED) is 0.893. The van der Waals surface area contributed by atoms with Crippen molar-refractivity contribution in [1.82, 2.24) is 5.32 Å². The van der Waals surface area contributed by atoms with Crippen LogP contribution in [0.1, 0.15) is 23.2 Å². The minimum Gasteiger partial charge on any atom is -0.481 e. The van der Waals surface area contributed by atoms with Crippen LogP contribution >= 0.6 is 23.2 Å². The molecule has 20 heavy (non-hydrogen) atoms. The Morgan fingerprint density at radius 2 is 2.15 bits per heavy atom. The average Bonchev–Trinajstić information content (AvgIpc) is 2.75. The fourth-order valence-corrected chi connectivity index (χ4v) is 2.66. The van der Waals surface area contributed by atoms with Crippen LogP contribution in [-0.2, 0) is 9.53 Å². The van der Waals surface area contributed by atoms with Gasteiger partial charge in [-0.1, -0.05) is 23.2 Å². The lowest BCUT2D eigenvalue weighted by atomic mass is 9.93. The minimum atomic E-state index is -0.988. The zero-order valence-corrected chi connectivity index (χ0v) is 12.0. The molecule has 1 aliphatic rings. The Morgan fingerprint density at radius 3 is 2.70 bits per heavy atom. The molecule has 1 saturated heterocycles. The van der Waals surface area contributed by atoms with Crippen LogP contribution in [0.15, 0.2) is 18.2 Å². The molecule has 7 heteroatoms. The third-order valence-electron chi connectivity index (χ3n) is 3.15. The number of aliphatic carboxylic acids is 1. The van der Waals surface area contributed by atoms with Crippen LogP contribution in [0.25, 0.3) is 0 Å². The van der Waals surface area contributed by atoms with Gasteiger partial charge in [0.15, 0.2) is 0 Å². The van der Waals surface area contributed by atoms with Crippen LogP contribution in [0, 0.1) is 0 Å². The van der Waals surface area contributed by atoms with Gasteiger partial charge in [0.2, 0.25) is 0 Å². The second kappa shape index (κ2) is 5.99. The van der Waals surface area contributed by atoms with Crippen molar-refractivity contribution >= 4 is 35.1 Å². The summed E-state index contributed by atoms with van der Waals surface area (Å²) >= 11 is 11.7. The van der Waals surface area contributed by atoms with Gasteiger partial charge in [-0.3, -0.25) is 9.59 Å². The highest BCUT2D eigenvalue weighted by atomic mass is 35.5. The van der Waals surface area contributed by atoms with Crippen molar-refractivity contribution in [3.63, 3.8) is 0 Å². The van der Waals surface area contributed by atoms with E-state index in [0.29, 0.717) is 18.1 Å². The Kier molecular flexibility index (Phi) is 4.52. The molecule has 1 aliphatic heterocycles.